The molecule has 34 heavy (non-hydrogen) atoms. The van der Waals surface area contributed by atoms with Gasteiger partial charge in [0.15, 0.2) is 0 Å². The molecule has 0 spiro atoms. The lowest BCUT2D eigenvalue weighted by atomic mass is 9.50. The van der Waals surface area contributed by atoms with Crippen LogP contribution >= 0.6 is 0 Å². The van der Waals surface area contributed by atoms with E-state index in [1.165, 1.54) is 96.3 Å². The fourth-order valence-corrected chi connectivity index (χ4v) is 9.35. The first-order valence-electron chi connectivity index (χ1n) is 16.1. The van der Waals surface area contributed by atoms with Gasteiger partial charge in [-0.15, -0.1) is 0 Å². The first-order valence-corrected chi connectivity index (χ1v) is 16.1. The third-order valence-corrected chi connectivity index (χ3v) is 12.4. The molecule has 3 saturated carbocycles. The quantitative estimate of drug-likeness (QED) is 0.296. The normalized spacial score (nSPS) is 38.5. The van der Waals surface area contributed by atoms with Crippen molar-refractivity contribution < 1.29 is 0 Å². The molecule has 0 aromatic rings. The maximum absolute atomic E-state index is 2.79. The van der Waals surface area contributed by atoms with Crippen LogP contribution in [-0.4, -0.2) is 0 Å². The molecule has 0 heteroatoms. The predicted octanol–water partition coefficient (Wildman–Crippen LogP) is 11.3. The molecule has 200 valence electrons. The third-order valence-electron chi connectivity index (χ3n) is 12.4. The summed E-state index contributed by atoms with van der Waals surface area (Å²) in [4.78, 5) is 0. The zero-order chi connectivity index (χ0) is 24.9. The number of hydrogen-bond acceptors (Lipinski definition) is 0. The summed E-state index contributed by atoms with van der Waals surface area (Å²) in [6.45, 7) is 20.6. The molecule has 0 aromatic heterocycles. The van der Waals surface area contributed by atoms with Crippen molar-refractivity contribution in [3.05, 3.63) is 0 Å². The Morgan fingerprint density at radius 2 is 0.912 bits per heavy atom. The van der Waals surface area contributed by atoms with Gasteiger partial charge < -0.3 is 0 Å². The van der Waals surface area contributed by atoms with Gasteiger partial charge in [-0.2, -0.15) is 0 Å². The molecule has 0 aliphatic heterocycles. The van der Waals surface area contributed by atoms with Crippen LogP contribution in [0, 0.1) is 58.2 Å². The fourth-order valence-electron chi connectivity index (χ4n) is 9.35. The van der Waals surface area contributed by atoms with Gasteiger partial charge in [0, 0.05) is 0 Å². The van der Waals surface area contributed by atoms with Crippen molar-refractivity contribution in [1.29, 1.82) is 0 Å². The van der Waals surface area contributed by atoms with E-state index in [1.54, 1.807) is 6.42 Å². The standard InChI is InChI=1S/C34H64/c1-9-25(3)23-33(7,29-18-14-27(5)15-19-29)31-12-11-13-32(22-31)34(8,24-26(4)10-2)30-20-16-28(6)17-21-30/h25-32H,9-24H2,1-8H3. The summed E-state index contributed by atoms with van der Waals surface area (Å²) in [6, 6.07) is 0. The van der Waals surface area contributed by atoms with Gasteiger partial charge in [0.25, 0.3) is 0 Å². The van der Waals surface area contributed by atoms with Crippen LogP contribution in [0.1, 0.15) is 158 Å². The molecule has 0 N–H and O–H groups in total. The molecule has 3 aliphatic carbocycles. The van der Waals surface area contributed by atoms with Crippen molar-refractivity contribution >= 4 is 0 Å². The van der Waals surface area contributed by atoms with Crippen LogP contribution in [-0.2, 0) is 0 Å². The molecular formula is C34H64. The molecule has 0 nitrogen and oxygen atoms in total. The van der Waals surface area contributed by atoms with E-state index in [4.69, 9.17) is 0 Å². The lowest BCUT2D eigenvalue weighted by Gasteiger charge is -2.55. The van der Waals surface area contributed by atoms with Gasteiger partial charge in [-0.3, -0.25) is 0 Å². The highest BCUT2D eigenvalue weighted by atomic mass is 14.5. The van der Waals surface area contributed by atoms with E-state index < -0.39 is 0 Å². The van der Waals surface area contributed by atoms with Crippen LogP contribution in [0.2, 0.25) is 0 Å². The minimum Gasteiger partial charge on any atom is -0.0651 e. The summed E-state index contributed by atoms with van der Waals surface area (Å²) in [7, 11) is 0. The maximum Gasteiger partial charge on any atom is -0.0267 e. The summed E-state index contributed by atoms with van der Waals surface area (Å²) in [5.41, 5.74) is 1.15. The van der Waals surface area contributed by atoms with Crippen LogP contribution in [0.5, 0.6) is 0 Å². The molecule has 6 unspecified atom stereocenters. The van der Waals surface area contributed by atoms with Gasteiger partial charge in [-0.05, 0) is 116 Å². The third kappa shape index (κ3) is 6.65. The fraction of sp³-hybridized carbons (Fsp3) is 1.00. The highest BCUT2D eigenvalue weighted by molar-refractivity contribution is 4.99. The number of hydrogen-bond donors (Lipinski definition) is 0. The van der Waals surface area contributed by atoms with Crippen molar-refractivity contribution in [2.24, 2.45) is 58.2 Å². The average Bonchev–Trinajstić information content (AvgIpc) is 2.84. The van der Waals surface area contributed by atoms with Crippen molar-refractivity contribution in [3.63, 3.8) is 0 Å². The molecule has 0 heterocycles. The largest absolute Gasteiger partial charge is 0.0651 e. The Balaban J connectivity index is 1.84. The lowest BCUT2D eigenvalue weighted by molar-refractivity contribution is -0.0479. The zero-order valence-electron chi connectivity index (χ0n) is 24.9. The Morgan fingerprint density at radius 1 is 0.559 bits per heavy atom. The molecule has 3 fully saturated rings. The summed E-state index contributed by atoms with van der Waals surface area (Å²) in [6.07, 6.45) is 23.8. The highest BCUT2D eigenvalue weighted by Crippen LogP contribution is 2.59. The molecular weight excluding hydrogens is 408 g/mol. The Morgan fingerprint density at radius 3 is 1.24 bits per heavy atom. The minimum absolute atomic E-state index is 0.576. The van der Waals surface area contributed by atoms with E-state index in [0.29, 0.717) is 10.8 Å². The van der Waals surface area contributed by atoms with Crippen LogP contribution in [0.4, 0.5) is 0 Å². The van der Waals surface area contributed by atoms with Gasteiger partial charge in [-0.1, -0.05) is 100 Å². The first kappa shape index (κ1) is 28.6. The van der Waals surface area contributed by atoms with Crippen LogP contribution in [0.3, 0.4) is 0 Å². The highest BCUT2D eigenvalue weighted by Gasteiger charge is 2.49. The van der Waals surface area contributed by atoms with Crippen molar-refractivity contribution in [1.82, 2.24) is 0 Å². The van der Waals surface area contributed by atoms with E-state index in [0.717, 1.165) is 47.3 Å². The SMILES string of the molecule is CCC(C)CC(C)(C1CCC(C)CC1)C1CCCC(C(C)(CC(C)CC)C2CCC(C)CC2)C1. The van der Waals surface area contributed by atoms with Crippen molar-refractivity contribution in [2.75, 3.05) is 0 Å². The number of rotatable bonds is 10. The molecule has 0 radical (unpaired) electrons. The molecule has 0 aromatic carbocycles. The Bertz CT molecular complexity index is 527. The van der Waals surface area contributed by atoms with E-state index in [2.05, 4.69) is 55.4 Å². The smallest absolute Gasteiger partial charge is 0.0267 e. The topological polar surface area (TPSA) is 0 Å². The summed E-state index contributed by atoms with van der Waals surface area (Å²) in [5.74, 6) is 7.61. The van der Waals surface area contributed by atoms with E-state index in [9.17, 15) is 0 Å². The predicted molar refractivity (Wildman–Crippen MR) is 152 cm³/mol. The van der Waals surface area contributed by atoms with Crippen LogP contribution in [0.15, 0.2) is 0 Å². The van der Waals surface area contributed by atoms with Crippen molar-refractivity contribution in [3.8, 4) is 0 Å². The summed E-state index contributed by atoms with van der Waals surface area (Å²) >= 11 is 0. The maximum atomic E-state index is 2.79. The first-order chi connectivity index (χ1) is 16.1. The second-order valence-electron chi connectivity index (χ2n) is 14.9. The van der Waals surface area contributed by atoms with E-state index in [1.807, 2.05) is 0 Å². The van der Waals surface area contributed by atoms with Gasteiger partial charge in [0.05, 0.1) is 0 Å². The Labute approximate surface area is 216 Å². The second-order valence-corrected chi connectivity index (χ2v) is 14.9. The summed E-state index contributed by atoms with van der Waals surface area (Å²) in [5, 5.41) is 0. The van der Waals surface area contributed by atoms with Crippen LogP contribution < -0.4 is 0 Å². The minimum atomic E-state index is 0.576. The zero-order valence-corrected chi connectivity index (χ0v) is 24.9. The van der Waals surface area contributed by atoms with Crippen molar-refractivity contribution in [2.45, 2.75) is 158 Å². The Hall–Kier alpha value is 0. The van der Waals surface area contributed by atoms with Crippen LogP contribution in [0.25, 0.3) is 0 Å². The monoisotopic (exact) mass is 473 g/mol. The lowest BCUT2D eigenvalue weighted by Crippen LogP contribution is -2.45. The summed E-state index contributed by atoms with van der Waals surface area (Å²) < 4.78 is 0. The van der Waals surface area contributed by atoms with Gasteiger partial charge >= 0.3 is 0 Å². The van der Waals surface area contributed by atoms with E-state index in [-0.39, 0.29) is 0 Å². The molecule has 3 rings (SSSR count). The average molecular weight is 473 g/mol. The second kappa shape index (κ2) is 12.5. The molecule has 0 amide bonds. The molecule has 3 aliphatic rings. The Kier molecular flexibility index (Phi) is 10.5. The van der Waals surface area contributed by atoms with E-state index >= 15 is 0 Å². The molecule has 0 saturated heterocycles. The molecule has 0 bridgehead atoms. The van der Waals surface area contributed by atoms with Gasteiger partial charge in [0.1, 0.15) is 0 Å². The van der Waals surface area contributed by atoms with Gasteiger partial charge in [-0.25, -0.2) is 0 Å². The molecule has 6 atom stereocenters. The van der Waals surface area contributed by atoms with Gasteiger partial charge in [0.2, 0.25) is 0 Å².